The smallest absolute Gasteiger partial charge is 0.145 e. The van der Waals surface area contributed by atoms with Gasteiger partial charge in [-0.2, -0.15) is 0 Å². The van der Waals surface area contributed by atoms with Gasteiger partial charge >= 0.3 is 0 Å². The predicted molar refractivity (Wildman–Crippen MR) is 72.3 cm³/mol. The largest absolute Gasteiger partial charge is 0.318 e. The lowest BCUT2D eigenvalue weighted by Gasteiger charge is -2.04. The number of hydrogen-bond donors (Lipinski definition) is 0. The fourth-order valence-corrected chi connectivity index (χ4v) is 2.88. The van der Waals surface area contributed by atoms with Crippen molar-refractivity contribution < 1.29 is 4.21 Å². The molecule has 1 atom stereocenters. The average Bonchev–Trinajstić information content (AvgIpc) is 2.64. The quantitative estimate of drug-likeness (QED) is 0.876. The lowest BCUT2D eigenvalue weighted by Crippen LogP contribution is -2.04. The van der Waals surface area contributed by atoms with Crippen LogP contribution in [0.1, 0.15) is 11.6 Å². The molecule has 0 aliphatic heterocycles. The summed E-state index contributed by atoms with van der Waals surface area (Å²) in [6, 6.07) is 4.95. The molecule has 0 spiro atoms. The molecule has 0 aliphatic rings. The molecule has 2 rings (SSSR count). The summed E-state index contributed by atoms with van der Waals surface area (Å²) < 4.78 is 14.0. The van der Waals surface area contributed by atoms with Crippen molar-refractivity contribution >= 4 is 34.0 Å². The first-order valence-corrected chi connectivity index (χ1v) is 7.25. The van der Waals surface area contributed by atoms with Gasteiger partial charge in [0, 0.05) is 11.9 Å². The third-order valence-electron chi connectivity index (χ3n) is 2.60. The molecule has 0 bridgehead atoms. The molecular formula is C11H11Cl2N3OS. The standard InChI is InChI=1S/C11H11Cl2N3OS/c1-7-14-15-11(16(7)2)6-18(17)8-3-4-9(12)10(13)5-8/h3-5H,6H2,1-2H3. The molecule has 0 saturated heterocycles. The Labute approximate surface area is 117 Å². The highest BCUT2D eigenvalue weighted by Crippen LogP contribution is 2.24. The van der Waals surface area contributed by atoms with Crippen molar-refractivity contribution in [3.63, 3.8) is 0 Å². The fourth-order valence-electron chi connectivity index (χ4n) is 1.40. The molecule has 0 saturated carbocycles. The normalized spacial score (nSPS) is 12.7. The Morgan fingerprint density at radius 1 is 1.28 bits per heavy atom. The van der Waals surface area contributed by atoms with Crippen LogP contribution in [0, 0.1) is 6.92 Å². The van der Waals surface area contributed by atoms with E-state index in [-0.39, 0.29) is 0 Å². The minimum atomic E-state index is -1.22. The van der Waals surface area contributed by atoms with Gasteiger partial charge in [0.2, 0.25) is 0 Å². The molecule has 7 heteroatoms. The van der Waals surface area contributed by atoms with Crippen LogP contribution in [-0.4, -0.2) is 19.0 Å². The first kappa shape index (κ1) is 13.5. The maximum atomic E-state index is 12.2. The van der Waals surface area contributed by atoms with Crippen LogP contribution in [-0.2, 0) is 23.6 Å². The summed E-state index contributed by atoms with van der Waals surface area (Å²) in [5, 5.41) is 8.76. The molecule has 0 fully saturated rings. The maximum Gasteiger partial charge on any atom is 0.145 e. The van der Waals surface area contributed by atoms with Gasteiger partial charge < -0.3 is 4.57 Å². The molecule has 0 radical (unpaired) electrons. The van der Waals surface area contributed by atoms with Crippen LogP contribution in [0.4, 0.5) is 0 Å². The summed E-state index contributed by atoms with van der Waals surface area (Å²) in [7, 11) is 0.628. The lowest BCUT2D eigenvalue weighted by atomic mass is 10.4. The van der Waals surface area contributed by atoms with E-state index in [1.165, 1.54) is 0 Å². The fraction of sp³-hybridized carbons (Fsp3) is 0.273. The highest BCUT2D eigenvalue weighted by atomic mass is 35.5. The predicted octanol–water partition coefficient (Wildman–Crippen LogP) is 2.74. The summed E-state index contributed by atoms with van der Waals surface area (Å²) >= 11 is 11.7. The number of rotatable bonds is 3. The van der Waals surface area contributed by atoms with Crippen LogP contribution < -0.4 is 0 Å². The van der Waals surface area contributed by atoms with Crippen LogP contribution in [0.5, 0.6) is 0 Å². The summed E-state index contributed by atoms with van der Waals surface area (Å²) in [5.74, 6) is 1.77. The van der Waals surface area contributed by atoms with E-state index >= 15 is 0 Å². The van der Waals surface area contributed by atoms with Crippen molar-refractivity contribution in [1.29, 1.82) is 0 Å². The van der Waals surface area contributed by atoms with Crippen molar-refractivity contribution in [2.45, 2.75) is 17.6 Å². The summed E-state index contributed by atoms with van der Waals surface area (Å²) in [4.78, 5) is 0.630. The second-order valence-electron chi connectivity index (χ2n) is 3.79. The number of hydrogen-bond acceptors (Lipinski definition) is 3. The van der Waals surface area contributed by atoms with Gasteiger partial charge in [-0.3, -0.25) is 4.21 Å². The molecule has 96 valence electrons. The van der Waals surface area contributed by atoms with E-state index in [1.807, 2.05) is 18.5 Å². The Morgan fingerprint density at radius 2 is 2.00 bits per heavy atom. The van der Waals surface area contributed by atoms with E-state index in [4.69, 9.17) is 23.2 Å². The van der Waals surface area contributed by atoms with Crippen molar-refractivity contribution in [3.8, 4) is 0 Å². The zero-order valence-electron chi connectivity index (χ0n) is 9.85. The molecule has 1 aromatic heterocycles. The first-order valence-electron chi connectivity index (χ1n) is 5.17. The van der Waals surface area contributed by atoms with E-state index < -0.39 is 10.8 Å². The zero-order chi connectivity index (χ0) is 13.3. The van der Waals surface area contributed by atoms with Gasteiger partial charge in [-0.05, 0) is 25.1 Å². The minimum Gasteiger partial charge on any atom is -0.318 e. The number of halogens is 2. The minimum absolute atomic E-state index is 0.301. The molecular weight excluding hydrogens is 293 g/mol. The van der Waals surface area contributed by atoms with Gasteiger partial charge in [0.25, 0.3) is 0 Å². The first-order chi connectivity index (χ1) is 8.49. The maximum absolute atomic E-state index is 12.2. The van der Waals surface area contributed by atoms with E-state index in [9.17, 15) is 4.21 Å². The Hall–Kier alpha value is -0.910. The average molecular weight is 304 g/mol. The van der Waals surface area contributed by atoms with Gasteiger partial charge in [-0.25, -0.2) is 0 Å². The number of aromatic nitrogens is 3. The van der Waals surface area contributed by atoms with E-state index in [1.54, 1.807) is 18.2 Å². The van der Waals surface area contributed by atoms with Crippen LogP contribution in [0.3, 0.4) is 0 Å². The molecule has 1 aromatic carbocycles. The molecule has 4 nitrogen and oxygen atoms in total. The molecule has 2 aromatic rings. The van der Waals surface area contributed by atoms with Crippen LogP contribution >= 0.6 is 23.2 Å². The van der Waals surface area contributed by atoms with Crippen LogP contribution in [0.15, 0.2) is 23.1 Å². The van der Waals surface area contributed by atoms with Gasteiger partial charge in [-0.15, -0.1) is 10.2 Å². The Bertz CT molecular complexity index is 612. The summed E-state index contributed by atoms with van der Waals surface area (Å²) in [6.07, 6.45) is 0. The zero-order valence-corrected chi connectivity index (χ0v) is 12.2. The van der Waals surface area contributed by atoms with E-state index in [0.717, 1.165) is 5.82 Å². The molecule has 0 aliphatic carbocycles. The number of aryl methyl sites for hydroxylation is 1. The van der Waals surface area contributed by atoms with E-state index in [0.29, 0.717) is 26.5 Å². The van der Waals surface area contributed by atoms with E-state index in [2.05, 4.69) is 10.2 Å². The molecule has 18 heavy (non-hydrogen) atoms. The molecule has 1 unspecified atom stereocenters. The Balaban J connectivity index is 2.22. The molecule has 0 N–H and O–H groups in total. The highest BCUT2D eigenvalue weighted by molar-refractivity contribution is 7.84. The van der Waals surface area contributed by atoms with Crippen molar-refractivity contribution in [1.82, 2.24) is 14.8 Å². The van der Waals surface area contributed by atoms with Crippen molar-refractivity contribution in [2.75, 3.05) is 0 Å². The summed E-state index contributed by atoms with van der Waals surface area (Å²) in [6.45, 7) is 1.85. The molecule has 1 heterocycles. The SMILES string of the molecule is Cc1nnc(CS(=O)c2ccc(Cl)c(Cl)c2)n1C. The third kappa shape index (κ3) is 2.74. The van der Waals surface area contributed by atoms with Gasteiger partial charge in [-0.1, -0.05) is 23.2 Å². The van der Waals surface area contributed by atoms with Gasteiger partial charge in [0.1, 0.15) is 11.6 Å². The highest BCUT2D eigenvalue weighted by Gasteiger charge is 2.12. The Morgan fingerprint density at radius 3 is 2.56 bits per heavy atom. The van der Waals surface area contributed by atoms with Gasteiger partial charge in [0.05, 0.1) is 26.6 Å². The van der Waals surface area contributed by atoms with Gasteiger partial charge in [0.15, 0.2) is 0 Å². The summed E-state index contributed by atoms with van der Waals surface area (Å²) in [5.41, 5.74) is 0. The second-order valence-corrected chi connectivity index (χ2v) is 6.05. The van der Waals surface area contributed by atoms with Crippen molar-refractivity contribution in [3.05, 3.63) is 39.9 Å². The second kappa shape index (κ2) is 5.38. The topological polar surface area (TPSA) is 47.8 Å². The Kier molecular flexibility index (Phi) is 4.04. The lowest BCUT2D eigenvalue weighted by molar-refractivity contribution is 0.679. The van der Waals surface area contributed by atoms with Crippen molar-refractivity contribution in [2.24, 2.45) is 7.05 Å². The number of nitrogens with zero attached hydrogens (tertiary/aromatic N) is 3. The van der Waals surface area contributed by atoms with Crippen LogP contribution in [0.2, 0.25) is 10.0 Å². The number of benzene rings is 1. The third-order valence-corrected chi connectivity index (χ3v) is 4.64. The monoisotopic (exact) mass is 303 g/mol. The van der Waals surface area contributed by atoms with Crippen LogP contribution in [0.25, 0.3) is 0 Å². The molecule has 0 amide bonds.